The van der Waals surface area contributed by atoms with Crippen LogP contribution in [0.5, 0.6) is 0 Å². The van der Waals surface area contributed by atoms with Gasteiger partial charge in [0, 0.05) is 26.3 Å². The standard InChI is InChI=1S/C13H15F3N6O/c1-20-6-10(11(19-20)13(14,15)16)12(23)21-4-2-3-9(5-21)22-8-17-7-18-22/h6-9H,2-5H2,1H3. The molecule has 124 valence electrons. The number of hydrogen-bond acceptors (Lipinski definition) is 4. The van der Waals surface area contributed by atoms with Crippen LogP contribution >= 0.6 is 0 Å². The highest BCUT2D eigenvalue weighted by Gasteiger charge is 2.40. The van der Waals surface area contributed by atoms with Gasteiger partial charge in [-0.1, -0.05) is 0 Å². The molecule has 0 bridgehead atoms. The van der Waals surface area contributed by atoms with Crippen LogP contribution in [0.3, 0.4) is 0 Å². The van der Waals surface area contributed by atoms with Crippen LogP contribution in [0.1, 0.15) is 34.9 Å². The number of carbonyl (C=O) groups excluding carboxylic acids is 1. The number of alkyl halides is 3. The Hall–Kier alpha value is -2.39. The predicted molar refractivity (Wildman–Crippen MR) is 72.4 cm³/mol. The molecule has 0 N–H and O–H groups in total. The molecule has 1 unspecified atom stereocenters. The maximum absolute atomic E-state index is 13.0. The van der Waals surface area contributed by atoms with Crippen LogP contribution < -0.4 is 0 Å². The molecule has 2 aromatic rings. The van der Waals surface area contributed by atoms with Crippen molar-refractivity contribution < 1.29 is 18.0 Å². The van der Waals surface area contributed by atoms with E-state index in [0.29, 0.717) is 19.5 Å². The minimum absolute atomic E-state index is 0.0822. The molecule has 3 heterocycles. The van der Waals surface area contributed by atoms with E-state index >= 15 is 0 Å². The summed E-state index contributed by atoms with van der Waals surface area (Å²) in [5.41, 5.74) is -1.56. The maximum Gasteiger partial charge on any atom is 0.435 e. The van der Waals surface area contributed by atoms with Crippen molar-refractivity contribution in [3.63, 3.8) is 0 Å². The summed E-state index contributed by atoms with van der Waals surface area (Å²) in [6.07, 6.45) is 0.884. The SMILES string of the molecule is Cn1cc(C(=O)N2CCCC(n3cncn3)C2)c(C(F)(F)F)n1. The zero-order chi connectivity index (χ0) is 16.6. The normalized spacial score (nSPS) is 19.1. The fourth-order valence-electron chi connectivity index (χ4n) is 2.79. The van der Waals surface area contributed by atoms with Crippen molar-refractivity contribution in [1.82, 2.24) is 29.4 Å². The lowest BCUT2D eigenvalue weighted by Crippen LogP contribution is -2.41. The fourth-order valence-corrected chi connectivity index (χ4v) is 2.79. The highest BCUT2D eigenvalue weighted by Crippen LogP contribution is 2.32. The van der Waals surface area contributed by atoms with Gasteiger partial charge in [0.15, 0.2) is 5.69 Å². The van der Waals surface area contributed by atoms with E-state index in [9.17, 15) is 18.0 Å². The molecule has 2 aromatic heterocycles. The summed E-state index contributed by atoms with van der Waals surface area (Å²) in [5, 5.41) is 7.42. The maximum atomic E-state index is 13.0. The lowest BCUT2D eigenvalue weighted by Gasteiger charge is -2.32. The van der Waals surface area contributed by atoms with Crippen LogP contribution in [0.2, 0.25) is 0 Å². The average Bonchev–Trinajstić information content (AvgIpc) is 3.15. The van der Waals surface area contributed by atoms with Crippen LogP contribution in [-0.4, -0.2) is 48.4 Å². The van der Waals surface area contributed by atoms with Gasteiger partial charge in [0.25, 0.3) is 5.91 Å². The van der Waals surface area contributed by atoms with Crippen LogP contribution in [0, 0.1) is 0 Å². The number of aryl methyl sites for hydroxylation is 1. The largest absolute Gasteiger partial charge is 0.435 e. The summed E-state index contributed by atoms with van der Waals surface area (Å²) >= 11 is 0. The van der Waals surface area contributed by atoms with Gasteiger partial charge in [-0.15, -0.1) is 0 Å². The average molecular weight is 328 g/mol. The smallest absolute Gasteiger partial charge is 0.336 e. The molecule has 3 rings (SSSR count). The van der Waals surface area contributed by atoms with E-state index in [-0.39, 0.29) is 6.04 Å². The third-order valence-electron chi connectivity index (χ3n) is 3.82. The summed E-state index contributed by atoms with van der Waals surface area (Å²) in [7, 11) is 1.36. The Morgan fingerprint density at radius 3 is 2.83 bits per heavy atom. The Bertz CT molecular complexity index is 693. The lowest BCUT2D eigenvalue weighted by molar-refractivity contribution is -0.141. The van der Waals surface area contributed by atoms with E-state index in [2.05, 4.69) is 15.2 Å². The molecule has 1 amide bonds. The van der Waals surface area contributed by atoms with Crippen molar-refractivity contribution in [3.8, 4) is 0 Å². The first-order valence-corrected chi connectivity index (χ1v) is 7.10. The highest BCUT2D eigenvalue weighted by molar-refractivity contribution is 5.95. The molecule has 7 nitrogen and oxygen atoms in total. The summed E-state index contributed by atoms with van der Waals surface area (Å²) in [4.78, 5) is 17.8. The Kier molecular flexibility index (Phi) is 3.82. The second kappa shape index (κ2) is 5.67. The predicted octanol–water partition coefficient (Wildman–Crippen LogP) is 1.51. The van der Waals surface area contributed by atoms with Crippen molar-refractivity contribution in [2.24, 2.45) is 7.05 Å². The zero-order valence-corrected chi connectivity index (χ0v) is 12.4. The first kappa shape index (κ1) is 15.5. The van der Waals surface area contributed by atoms with Gasteiger partial charge in [-0.05, 0) is 12.8 Å². The molecule has 1 atom stereocenters. The van der Waals surface area contributed by atoms with Crippen molar-refractivity contribution in [1.29, 1.82) is 0 Å². The summed E-state index contributed by atoms with van der Waals surface area (Å²) in [6, 6.07) is -0.0822. The molecule has 1 aliphatic heterocycles. The molecule has 0 aliphatic carbocycles. The monoisotopic (exact) mass is 328 g/mol. The second-order valence-electron chi connectivity index (χ2n) is 5.49. The quantitative estimate of drug-likeness (QED) is 0.838. The molecular formula is C13H15F3N6O. The van der Waals surface area contributed by atoms with Gasteiger partial charge in [-0.25, -0.2) is 9.67 Å². The Labute approximate surface area is 129 Å². The Morgan fingerprint density at radius 1 is 1.39 bits per heavy atom. The minimum atomic E-state index is -4.66. The number of halogens is 3. The molecule has 1 aliphatic rings. The molecule has 0 spiro atoms. The highest BCUT2D eigenvalue weighted by atomic mass is 19.4. The number of amides is 1. The van der Waals surface area contributed by atoms with Gasteiger partial charge >= 0.3 is 6.18 Å². The number of aromatic nitrogens is 5. The lowest BCUT2D eigenvalue weighted by atomic mass is 10.0. The molecule has 0 radical (unpaired) electrons. The van der Waals surface area contributed by atoms with Crippen molar-refractivity contribution in [3.05, 3.63) is 30.1 Å². The number of piperidine rings is 1. The summed E-state index contributed by atoms with van der Waals surface area (Å²) in [6.45, 7) is 0.713. The minimum Gasteiger partial charge on any atom is -0.336 e. The summed E-state index contributed by atoms with van der Waals surface area (Å²) in [5.74, 6) is -0.657. The van der Waals surface area contributed by atoms with Gasteiger partial charge in [-0.2, -0.15) is 23.4 Å². The number of hydrogen-bond donors (Lipinski definition) is 0. The van der Waals surface area contributed by atoms with Crippen LogP contribution in [0.15, 0.2) is 18.9 Å². The van der Waals surface area contributed by atoms with E-state index in [4.69, 9.17) is 0 Å². The molecular weight excluding hydrogens is 313 g/mol. The molecule has 10 heteroatoms. The Balaban J connectivity index is 1.83. The topological polar surface area (TPSA) is 68.8 Å². The number of nitrogens with zero attached hydrogens (tertiary/aromatic N) is 6. The molecule has 0 aromatic carbocycles. The van der Waals surface area contributed by atoms with E-state index in [0.717, 1.165) is 17.3 Å². The molecule has 1 fully saturated rings. The molecule has 0 saturated carbocycles. The zero-order valence-electron chi connectivity index (χ0n) is 12.4. The number of rotatable bonds is 2. The first-order valence-electron chi connectivity index (χ1n) is 7.10. The van der Waals surface area contributed by atoms with Crippen LogP contribution in [-0.2, 0) is 13.2 Å². The third kappa shape index (κ3) is 3.06. The molecule has 23 heavy (non-hydrogen) atoms. The van der Waals surface area contributed by atoms with Crippen molar-refractivity contribution in [2.45, 2.75) is 25.1 Å². The van der Waals surface area contributed by atoms with Gasteiger partial charge in [0.1, 0.15) is 12.7 Å². The van der Waals surface area contributed by atoms with E-state index in [1.165, 1.54) is 18.3 Å². The van der Waals surface area contributed by atoms with Gasteiger partial charge in [0.05, 0.1) is 11.6 Å². The van der Waals surface area contributed by atoms with E-state index in [1.807, 2.05) is 0 Å². The Morgan fingerprint density at radius 2 is 2.17 bits per heavy atom. The van der Waals surface area contributed by atoms with Gasteiger partial charge < -0.3 is 4.90 Å². The van der Waals surface area contributed by atoms with E-state index in [1.54, 1.807) is 11.0 Å². The van der Waals surface area contributed by atoms with Gasteiger partial charge in [0.2, 0.25) is 0 Å². The third-order valence-corrected chi connectivity index (χ3v) is 3.82. The number of likely N-dealkylation sites (tertiary alicyclic amines) is 1. The summed E-state index contributed by atoms with van der Waals surface area (Å²) < 4.78 is 41.7. The first-order chi connectivity index (χ1) is 10.9. The van der Waals surface area contributed by atoms with Crippen LogP contribution in [0.25, 0.3) is 0 Å². The molecule has 1 saturated heterocycles. The second-order valence-corrected chi connectivity index (χ2v) is 5.49. The van der Waals surface area contributed by atoms with Gasteiger partial charge in [-0.3, -0.25) is 9.48 Å². The van der Waals surface area contributed by atoms with Crippen molar-refractivity contribution >= 4 is 5.91 Å². The van der Waals surface area contributed by atoms with Crippen LogP contribution in [0.4, 0.5) is 13.2 Å². The fraction of sp³-hybridized carbons (Fsp3) is 0.538. The van der Waals surface area contributed by atoms with E-state index < -0.39 is 23.3 Å². The van der Waals surface area contributed by atoms with Crippen molar-refractivity contribution in [2.75, 3.05) is 13.1 Å². The number of carbonyl (C=O) groups is 1.